The van der Waals surface area contributed by atoms with Crippen LogP contribution in [0, 0.1) is 6.92 Å². The van der Waals surface area contributed by atoms with Crippen molar-refractivity contribution in [3.8, 4) is 0 Å². The van der Waals surface area contributed by atoms with Crippen LogP contribution in [0.1, 0.15) is 36.9 Å². The summed E-state index contributed by atoms with van der Waals surface area (Å²) in [6.45, 7) is 4.45. The number of carbonyl (C=O) groups is 1. The molecule has 0 saturated heterocycles. The summed E-state index contributed by atoms with van der Waals surface area (Å²) < 4.78 is 1.29. The van der Waals surface area contributed by atoms with Crippen molar-refractivity contribution in [3.05, 3.63) is 58.0 Å². The summed E-state index contributed by atoms with van der Waals surface area (Å²) in [5.74, 6) is 0.330. The summed E-state index contributed by atoms with van der Waals surface area (Å²) in [6.07, 6.45) is 2.23. The van der Waals surface area contributed by atoms with Gasteiger partial charge in [-0.3, -0.25) is 9.59 Å². The van der Waals surface area contributed by atoms with Crippen LogP contribution in [0.5, 0.6) is 0 Å². The van der Waals surface area contributed by atoms with E-state index in [1.165, 1.54) is 10.7 Å². The number of carbonyl (C=O) groups excluding carboxylic acids is 1. The Morgan fingerprint density at radius 3 is 2.74 bits per heavy atom. The van der Waals surface area contributed by atoms with E-state index in [0.717, 1.165) is 29.8 Å². The van der Waals surface area contributed by atoms with Crippen LogP contribution in [-0.4, -0.2) is 22.2 Å². The molecule has 1 saturated carbocycles. The maximum absolute atomic E-state index is 12.6. The first-order valence-corrected chi connectivity index (χ1v) is 8.03. The fourth-order valence-electron chi connectivity index (χ4n) is 2.69. The highest BCUT2D eigenvalue weighted by Crippen LogP contribution is 2.38. The van der Waals surface area contributed by atoms with Gasteiger partial charge in [-0.2, -0.15) is 5.10 Å². The van der Waals surface area contributed by atoms with Gasteiger partial charge in [0.2, 0.25) is 5.91 Å². The normalized spacial score (nSPS) is 13.8. The zero-order valence-corrected chi connectivity index (χ0v) is 13.5. The van der Waals surface area contributed by atoms with Crippen LogP contribution in [0.4, 0.5) is 5.69 Å². The number of aryl methyl sites for hydroxylation is 1. The molecule has 1 fully saturated rings. The third-order valence-electron chi connectivity index (χ3n) is 4.10. The van der Waals surface area contributed by atoms with E-state index < -0.39 is 0 Å². The molecule has 2 aromatic rings. The Bertz CT molecular complexity index is 778. The number of nitrogens with zero attached hydrogens (tertiary/aromatic N) is 3. The van der Waals surface area contributed by atoms with E-state index >= 15 is 0 Å². The maximum atomic E-state index is 12.6. The van der Waals surface area contributed by atoms with Gasteiger partial charge in [0.25, 0.3) is 5.56 Å². The molecule has 0 radical (unpaired) electrons. The highest BCUT2D eigenvalue weighted by Gasteiger charge is 2.26. The number of aromatic nitrogens is 2. The van der Waals surface area contributed by atoms with Gasteiger partial charge in [-0.05, 0) is 50.5 Å². The Balaban J connectivity index is 1.82. The number of rotatable bonds is 5. The van der Waals surface area contributed by atoms with E-state index in [4.69, 9.17) is 0 Å². The lowest BCUT2D eigenvalue weighted by atomic mass is 10.2. The van der Waals surface area contributed by atoms with Gasteiger partial charge in [0.15, 0.2) is 0 Å². The Kier molecular flexibility index (Phi) is 4.28. The molecule has 0 unspecified atom stereocenters. The number of benzene rings is 1. The first-order valence-electron chi connectivity index (χ1n) is 8.03. The van der Waals surface area contributed by atoms with Crippen LogP contribution in [0.3, 0.4) is 0 Å². The molecule has 1 amide bonds. The largest absolute Gasteiger partial charge is 0.311 e. The van der Waals surface area contributed by atoms with Crippen molar-refractivity contribution in [2.45, 2.75) is 39.2 Å². The molecule has 3 rings (SSSR count). The molecule has 0 N–H and O–H groups in total. The van der Waals surface area contributed by atoms with E-state index in [1.54, 1.807) is 11.0 Å². The molecule has 5 heteroatoms. The van der Waals surface area contributed by atoms with Crippen LogP contribution >= 0.6 is 0 Å². The minimum Gasteiger partial charge on any atom is -0.311 e. The molecule has 0 spiro atoms. The second-order valence-electron chi connectivity index (χ2n) is 6.01. The highest BCUT2D eigenvalue weighted by atomic mass is 16.2. The van der Waals surface area contributed by atoms with Crippen molar-refractivity contribution in [1.29, 1.82) is 0 Å². The van der Waals surface area contributed by atoms with Gasteiger partial charge in [-0.25, -0.2) is 4.68 Å². The van der Waals surface area contributed by atoms with Crippen LogP contribution in [0.2, 0.25) is 0 Å². The smallest absolute Gasteiger partial charge is 0.267 e. The van der Waals surface area contributed by atoms with Gasteiger partial charge in [0.1, 0.15) is 6.54 Å². The van der Waals surface area contributed by atoms with Crippen LogP contribution in [0.15, 0.2) is 41.2 Å². The molecule has 0 aliphatic heterocycles. The lowest BCUT2D eigenvalue weighted by Gasteiger charge is -2.21. The van der Waals surface area contributed by atoms with Crippen molar-refractivity contribution in [2.24, 2.45) is 0 Å². The predicted octanol–water partition coefficient (Wildman–Crippen LogP) is 2.48. The van der Waals surface area contributed by atoms with Crippen molar-refractivity contribution in [2.75, 3.05) is 11.4 Å². The zero-order valence-electron chi connectivity index (χ0n) is 13.5. The van der Waals surface area contributed by atoms with E-state index in [1.807, 2.05) is 38.1 Å². The third-order valence-corrected chi connectivity index (χ3v) is 4.10. The fraction of sp³-hybridized carbons (Fsp3) is 0.389. The van der Waals surface area contributed by atoms with Crippen LogP contribution in [-0.2, 0) is 11.3 Å². The fourth-order valence-corrected chi connectivity index (χ4v) is 2.69. The molecule has 1 heterocycles. The van der Waals surface area contributed by atoms with E-state index in [0.29, 0.717) is 12.5 Å². The minimum absolute atomic E-state index is 0.0266. The van der Waals surface area contributed by atoms with Gasteiger partial charge in [-0.15, -0.1) is 0 Å². The van der Waals surface area contributed by atoms with Crippen molar-refractivity contribution >= 4 is 11.6 Å². The van der Waals surface area contributed by atoms with Crippen molar-refractivity contribution in [1.82, 2.24) is 9.78 Å². The van der Waals surface area contributed by atoms with Crippen LogP contribution in [0.25, 0.3) is 0 Å². The molecular weight excluding hydrogens is 290 g/mol. The second kappa shape index (κ2) is 6.36. The monoisotopic (exact) mass is 311 g/mol. The maximum Gasteiger partial charge on any atom is 0.267 e. The number of hydrogen-bond acceptors (Lipinski definition) is 3. The van der Waals surface area contributed by atoms with Gasteiger partial charge >= 0.3 is 0 Å². The topological polar surface area (TPSA) is 55.2 Å². The van der Waals surface area contributed by atoms with Crippen molar-refractivity contribution < 1.29 is 4.79 Å². The van der Waals surface area contributed by atoms with Gasteiger partial charge in [0, 0.05) is 24.2 Å². The molecule has 1 aliphatic rings. The number of amides is 1. The highest BCUT2D eigenvalue weighted by molar-refractivity contribution is 5.93. The zero-order chi connectivity index (χ0) is 16.4. The summed E-state index contributed by atoms with van der Waals surface area (Å²) in [5, 5.41) is 4.36. The van der Waals surface area contributed by atoms with E-state index in [2.05, 4.69) is 5.10 Å². The van der Waals surface area contributed by atoms with Gasteiger partial charge < -0.3 is 4.90 Å². The molecule has 0 atom stereocenters. The average molecular weight is 311 g/mol. The Hall–Kier alpha value is -2.43. The number of likely N-dealkylation sites (N-methyl/N-ethyl adjacent to an activating group) is 1. The van der Waals surface area contributed by atoms with Gasteiger partial charge in [0.05, 0.1) is 5.69 Å². The summed E-state index contributed by atoms with van der Waals surface area (Å²) >= 11 is 0. The lowest BCUT2D eigenvalue weighted by Crippen LogP contribution is -2.37. The first kappa shape index (κ1) is 15.5. The van der Waals surface area contributed by atoms with E-state index in [9.17, 15) is 9.59 Å². The Morgan fingerprint density at radius 2 is 2.09 bits per heavy atom. The molecule has 23 heavy (non-hydrogen) atoms. The third kappa shape index (κ3) is 3.50. The summed E-state index contributed by atoms with van der Waals surface area (Å²) in [7, 11) is 0. The number of anilines is 1. The van der Waals surface area contributed by atoms with Gasteiger partial charge in [-0.1, -0.05) is 12.1 Å². The summed E-state index contributed by atoms with van der Waals surface area (Å²) in [6, 6.07) is 11.1. The van der Waals surface area contributed by atoms with Crippen molar-refractivity contribution in [3.63, 3.8) is 0 Å². The first-order chi connectivity index (χ1) is 11.1. The Morgan fingerprint density at radius 1 is 1.30 bits per heavy atom. The predicted molar refractivity (Wildman–Crippen MR) is 89.7 cm³/mol. The molecule has 120 valence electrons. The molecule has 0 bridgehead atoms. The molecule has 5 nitrogen and oxygen atoms in total. The summed E-state index contributed by atoms with van der Waals surface area (Å²) in [5.41, 5.74) is 2.63. The minimum atomic E-state index is -0.233. The number of hydrogen-bond donors (Lipinski definition) is 0. The standard InChI is InChI=1S/C18H21N3O2/c1-3-20(15-6-4-5-13(2)11-15)18(23)12-21-17(22)10-9-16(19-21)14-7-8-14/h4-6,9-11,14H,3,7-8,12H2,1-2H3. The SMILES string of the molecule is CCN(C(=O)Cn1nc(C2CC2)ccc1=O)c1cccc(C)c1. The molecule has 1 aliphatic carbocycles. The molecule has 1 aromatic carbocycles. The lowest BCUT2D eigenvalue weighted by molar-refractivity contribution is -0.119. The average Bonchev–Trinajstić information content (AvgIpc) is 3.35. The quantitative estimate of drug-likeness (QED) is 0.852. The Labute approximate surface area is 135 Å². The van der Waals surface area contributed by atoms with E-state index in [-0.39, 0.29) is 18.0 Å². The second-order valence-corrected chi connectivity index (χ2v) is 6.01. The molecule has 1 aromatic heterocycles. The molecular formula is C18H21N3O2. The van der Waals surface area contributed by atoms with Crippen LogP contribution < -0.4 is 10.5 Å². The summed E-state index contributed by atoms with van der Waals surface area (Å²) in [4.78, 5) is 26.3.